The summed E-state index contributed by atoms with van der Waals surface area (Å²) in [5.74, 6) is 0. The van der Waals surface area contributed by atoms with E-state index in [1.54, 1.807) is 25.1 Å². The van der Waals surface area contributed by atoms with Crippen LogP contribution in [0.25, 0.3) is 21.4 Å². The molecule has 0 fully saturated rings. The number of hydrogen-bond donors (Lipinski definition) is 0. The Morgan fingerprint density at radius 1 is 1.31 bits per heavy atom. The Labute approximate surface area is 90.9 Å². The van der Waals surface area contributed by atoms with Gasteiger partial charge >= 0.3 is 5.63 Å². The second kappa shape index (κ2) is 3.72. The van der Waals surface area contributed by atoms with E-state index in [9.17, 15) is 4.79 Å². The zero-order chi connectivity index (χ0) is 11.7. The maximum atomic E-state index is 11.5. The predicted molar refractivity (Wildman–Crippen MR) is 60.8 cm³/mol. The highest BCUT2D eigenvalue weighted by Crippen LogP contribution is 2.23. The van der Waals surface area contributed by atoms with E-state index in [0.29, 0.717) is 16.8 Å². The summed E-state index contributed by atoms with van der Waals surface area (Å²) in [4.78, 5) is 14.1. The van der Waals surface area contributed by atoms with Crippen LogP contribution in [-0.2, 0) is 0 Å². The topological polar surface area (TPSA) is 79.0 Å². The summed E-state index contributed by atoms with van der Waals surface area (Å²) in [6, 6.07) is 5.03. The first-order valence-electron chi connectivity index (χ1n) is 4.72. The fraction of sp³-hybridized carbons (Fsp3) is 0.182. The van der Waals surface area contributed by atoms with Gasteiger partial charge in [-0.1, -0.05) is 17.2 Å². The van der Waals surface area contributed by atoms with E-state index in [1.807, 2.05) is 6.92 Å². The zero-order valence-electron chi connectivity index (χ0n) is 8.89. The van der Waals surface area contributed by atoms with Crippen molar-refractivity contribution in [3.8, 4) is 0 Å². The first-order valence-corrected chi connectivity index (χ1v) is 4.72. The molecule has 0 amide bonds. The van der Waals surface area contributed by atoms with Crippen LogP contribution in [0.4, 0.5) is 5.69 Å². The molecule has 2 aromatic rings. The maximum absolute atomic E-state index is 11.5. The molecule has 1 aromatic heterocycles. The van der Waals surface area contributed by atoms with Crippen LogP contribution in [0, 0.1) is 13.8 Å². The van der Waals surface area contributed by atoms with E-state index in [-0.39, 0.29) is 5.63 Å². The van der Waals surface area contributed by atoms with Crippen LogP contribution in [0.3, 0.4) is 0 Å². The molecule has 0 radical (unpaired) electrons. The number of azide groups is 1. The molecule has 16 heavy (non-hydrogen) atoms. The van der Waals surface area contributed by atoms with E-state index >= 15 is 0 Å². The summed E-state index contributed by atoms with van der Waals surface area (Å²) in [7, 11) is 0. The third kappa shape index (κ3) is 1.53. The number of hydrogen-bond acceptors (Lipinski definition) is 3. The van der Waals surface area contributed by atoms with E-state index in [0.717, 1.165) is 10.9 Å². The van der Waals surface area contributed by atoms with Crippen molar-refractivity contribution in [1.82, 2.24) is 0 Å². The zero-order valence-corrected chi connectivity index (χ0v) is 8.89. The number of benzene rings is 1. The number of nitrogens with zero attached hydrogens (tertiary/aromatic N) is 3. The number of aryl methyl sites for hydroxylation is 1. The van der Waals surface area contributed by atoms with Crippen LogP contribution in [0.5, 0.6) is 0 Å². The minimum atomic E-state index is -0.358. The molecule has 0 N–H and O–H groups in total. The van der Waals surface area contributed by atoms with E-state index < -0.39 is 0 Å². The molecule has 1 heterocycles. The molecule has 0 atom stereocenters. The molecule has 5 nitrogen and oxygen atoms in total. The summed E-state index contributed by atoms with van der Waals surface area (Å²) in [5, 5.41) is 4.31. The molecule has 0 spiro atoms. The molecule has 0 aliphatic rings. The van der Waals surface area contributed by atoms with Crippen molar-refractivity contribution in [3.63, 3.8) is 0 Å². The quantitative estimate of drug-likeness (QED) is 0.316. The van der Waals surface area contributed by atoms with Gasteiger partial charge in [0.25, 0.3) is 0 Å². The molecule has 0 unspecified atom stereocenters. The lowest BCUT2D eigenvalue weighted by atomic mass is 10.1. The minimum Gasteiger partial charge on any atom is -0.423 e. The van der Waals surface area contributed by atoms with Crippen molar-refractivity contribution in [2.75, 3.05) is 0 Å². The Kier molecular flexibility index (Phi) is 2.38. The Morgan fingerprint density at radius 3 is 2.75 bits per heavy atom. The smallest absolute Gasteiger partial charge is 0.339 e. The average molecular weight is 215 g/mol. The summed E-state index contributed by atoms with van der Waals surface area (Å²) >= 11 is 0. The molecular formula is C11H9N3O2. The van der Waals surface area contributed by atoms with Gasteiger partial charge in [0.2, 0.25) is 0 Å². The van der Waals surface area contributed by atoms with Crippen LogP contribution >= 0.6 is 0 Å². The molecule has 1 aromatic carbocycles. The Morgan fingerprint density at radius 2 is 2.06 bits per heavy atom. The second-order valence-corrected chi connectivity index (χ2v) is 3.51. The average Bonchev–Trinajstić information content (AvgIpc) is 2.26. The van der Waals surface area contributed by atoms with Gasteiger partial charge in [-0.3, -0.25) is 0 Å². The lowest BCUT2D eigenvalue weighted by Crippen LogP contribution is -2.05. The third-order valence-electron chi connectivity index (χ3n) is 2.60. The summed E-state index contributed by atoms with van der Waals surface area (Å²) in [6.07, 6.45) is 0. The predicted octanol–water partition coefficient (Wildman–Crippen LogP) is 3.35. The standard InChI is InChI=1S/C11H9N3O2/c1-6-7(2)11(15)16-10-5-8(13-14-12)3-4-9(6)10/h3-5H,1-2H3. The summed E-state index contributed by atoms with van der Waals surface area (Å²) in [6.45, 7) is 3.59. The van der Waals surface area contributed by atoms with Gasteiger partial charge < -0.3 is 4.42 Å². The second-order valence-electron chi connectivity index (χ2n) is 3.51. The molecule has 0 saturated heterocycles. The van der Waals surface area contributed by atoms with Gasteiger partial charge in [-0.15, -0.1) is 0 Å². The Balaban J connectivity index is 2.86. The van der Waals surface area contributed by atoms with Gasteiger partial charge in [0.15, 0.2) is 0 Å². The van der Waals surface area contributed by atoms with Crippen LogP contribution < -0.4 is 5.63 Å². The molecule has 0 saturated carbocycles. The maximum Gasteiger partial charge on any atom is 0.339 e. The molecule has 5 heteroatoms. The lowest BCUT2D eigenvalue weighted by Gasteiger charge is -2.03. The molecule has 80 valence electrons. The van der Waals surface area contributed by atoms with Gasteiger partial charge in [0.1, 0.15) is 5.58 Å². The van der Waals surface area contributed by atoms with E-state index in [4.69, 9.17) is 9.95 Å². The summed E-state index contributed by atoms with van der Waals surface area (Å²) in [5.41, 5.74) is 10.3. The first kappa shape index (κ1) is 10.3. The highest BCUT2D eigenvalue weighted by Gasteiger charge is 2.07. The number of rotatable bonds is 1. The molecule has 0 aliphatic carbocycles. The van der Waals surface area contributed by atoms with Gasteiger partial charge in [-0.25, -0.2) is 4.79 Å². The van der Waals surface area contributed by atoms with Crippen LogP contribution in [0.2, 0.25) is 0 Å². The largest absolute Gasteiger partial charge is 0.423 e. The van der Waals surface area contributed by atoms with E-state index in [1.165, 1.54) is 0 Å². The first-order chi connectivity index (χ1) is 7.63. The van der Waals surface area contributed by atoms with Crippen molar-refractivity contribution in [1.29, 1.82) is 0 Å². The van der Waals surface area contributed by atoms with Crippen molar-refractivity contribution < 1.29 is 4.42 Å². The van der Waals surface area contributed by atoms with Crippen LogP contribution in [0.15, 0.2) is 32.5 Å². The van der Waals surface area contributed by atoms with Crippen LogP contribution in [-0.4, -0.2) is 0 Å². The molecule has 0 bridgehead atoms. The lowest BCUT2D eigenvalue weighted by molar-refractivity contribution is 0.554. The number of fused-ring (bicyclic) bond motifs is 1. The SMILES string of the molecule is Cc1c(C)c2ccc(N=[N+]=[N-])cc2oc1=O. The highest BCUT2D eigenvalue weighted by molar-refractivity contribution is 5.83. The van der Waals surface area contributed by atoms with Gasteiger partial charge in [0.05, 0.1) is 0 Å². The van der Waals surface area contributed by atoms with Crippen molar-refractivity contribution >= 4 is 16.7 Å². The molecule has 0 aliphatic heterocycles. The molecule has 2 rings (SSSR count). The van der Waals surface area contributed by atoms with Gasteiger partial charge in [-0.2, -0.15) is 0 Å². The van der Waals surface area contributed by atoms with Crippen molar-refractivity contribution in [2.24, 2.45) is 5.11 Å². The fourth-order valence-electron chi connectivity index (χ4n) is 1.55. The van der Waals surface area contributed by atoms with Gasteiger partial charge in [0, 0.05) is 21.5 Å². The Hall–Kier alpha value is -2.26. The molecular weight excluding hydrogens is 206 g/mol. The third-order valence-corrected chi connectivity index (χ3v) is 2.60. The fourth-order valence-corrected chi connectivity index (χ4v) is 1.55. The monoisotopic (exact) mass is 215 g/mol. The minimum absolute atomic E-state index is 0.358. The van der Waals surface area contributed by atoms with Gasteiger partial charge in [-0.05, 0) is 31.0 Å². The summed E-state index contributed by atoms with van der Waals surface area (Å²) < 4.78 is 5.12. The highest BCUT2D eigenvalue weighted by atomic mass is 16.4. The van der Waals surface area contributed by atoms with Crippen molar-refractivity contribution in [2.45, 2.75) is 13.8 Å². The van der Waals surface area contributed by atoms with E-state index in [2.05, 4.69) is 10.0 Å². The Bertz CT molecular complexity index is 667. The van der Waals surface area contributed by atoms with Crippen molar-refractivity contribution in [3.05, 3.63) is 50.2 Å². The van der Waals surface area contributed by atoms with Crippen LogP contribution in [0.1, 0.15) is 11.1 Å². The normalized spacial score (nSPS) is 10.1.